The van der Waals surface area contributed by atoms with E-state index in [-0.39, 0.29) is 6.54 Å². The van der Waals surface area contributed by atoms with Crippen molar-refractivity contribution >= 4 is 23.9 Å². The van der Waals surface area contributed by atoms with Crippen molar-refractivity contribution < 1.29 is 42.9 Å². The van der Waals surface area contributed by atoms with Crippen molar-refractivity contribution in [1.29, 1.82) is 0 Å². The van der Waals surface area contributed by atoms with E-state index in [0.717, 1.165) is 27.7 Å². The molecule has 0 N–H and O–H groups in total. The summed E-state index contributed by atoms with van der Waals surface area (Å²) in [5.41, 5.74) is 8.51. The van der Waals surface area contributed by atoms with Crippen LogP contribution >= 0.6 is 0 Å². The molecule has 1 aliphatic heterocycles. The molecule has 1 fully saturated rings. The first-order chi connectivity index (χ1) is 12.1. The summed E-state index contributed by atoms with van der Waals surface area (Å²) < 4.78 is 25.8. The average molecular weight is 373 g/mol. The van der Waals surface area contributed by atoms with Gasteiger partial charge in [-0.25, -0.2) is 0 Å². The van der Waals surface area contributed by atoms with E-state index >= 15 is 0 Å². The van der Waals surface area contributed by atoms with Gasteiger partial charge in [-0.3, -0.25) is 19.2 Å². The number of hydrogen-bond donors (Lipinski definition) is 0. The number of hydrogen-bond acceptors (Lipinski definition) is 10. The van der Waals surface area contributed by atoms with E-state index in [1.165, 1.54) is 0 Å². The number of nitrogens with zero attached hydrogens (tertiary/aromatic N) is 3. The molecule has 0 aromatic carbocycles. The summed E-state index contributed by atoms with van der Waals surface area (Å²) in [6.45, 7) is 4.05. The molecule has 1 saturated heterocycles. The maximum Gasteiger partial charge on any atom is 0.305 e. The lowest BCUT2D eigenvalue weighted by Crippen LogP contribution is -2.62. The molecule has 3 unspecified atom stereocenters. The van der Waals surface area contributed by atoms with Crippen LogP contribution < -0.4 is 0 Å². The highest BCUT2D eigenvalue weighted by Gasteiger charge is 2.52. The third-order valence-electron chi connectivity index (χ3n) is 3.10. The molecule has 1 heterocycles. The largest absolute Gasteiger partial charge is 0.456 e. The van der Waals surface area contributed by atoms with Gasteiger partial charge in [0.1, 0.15) is 6.10 Å². The Morgan fingerprint density at radius 3 is 1.77 bits per heavy atom. The van der Waals surface area contributed by atoms with Gasteiger partial charge in [0.2, 0.25) is 12.4 Å². The fourth-order valence-corrected chi connectivity index (χ4v) is 2.38. The Morgan fingerprint density at radius 2 is 1.31 bits per heavy atom. The Bertz CT molecular complexity index is 587. The lowest BCUT2D eigenvalue weighted by atomic mass is 9.97. The fraction of sp³-hybridized carbons (Fsp3) is 0.714. The number of carbonyl (C=O) groups is 4. The first-order valence-electron chi connectivity index (χ1n) is 7.51. The number of esters is 4. The van der Waals surface area contributed by atoms with Crippen LogP contribution in [0.2, 0.25) is 0 Å². The van der Waals surface area contributed by atoms with Crippen molar-refractivity contribution in [1.82, 2.24) is 0 Å². The third kappa shape index (κ3) is 6.22. The van der Waals surface area contributed by atoms with Gasteiger partial charge in [0.25, 0.3) is 0 Å². The summed E-state index contributed by atoms with van der Waals surface area (Å²) in [7, 11) is 0. The SMILES string of the molecule is CC(=O)OC1C(OC(C)=O)[C@@H](OC(C)=O)C(CN=[N+]=[N-])O[C@H]1OC(C)=O. The average Bonchev–Trinajstić information content (AvgIpc) is 2.49. The minimum absolute atomic E-state index is 0.323. The van der Waals surface area contributed by atoms with Crippen molar-refractivity contribution in [3.8, 4) is 0 Å². The van der Waals surface area contributed by atoms with Gasteiger partial charge in [-0.1, -0.05) is 5.11 Å². The molecule has 0 amide bonds. The van der Waals surface area contributed by atoms with Gasteiger partial charge < -0.3 is 23.7 Å². The van der Waals surface area contributed by atoms with Gasteiger partial charge in [-0.2, -0.15) is 0 Å². The molecule has 1 rings (SSSR count). The van der Waals surface area contributed by atoms with Gasteiger partial charge >= 0.3 is 23.9 Å². The monoisotopic (exact) mass is 373 g/mol. The van der Waals surface area contributed by atoms with Crippen LogP contribution in [0.5, 0.6) is 0 Å². The molecule has 1 aliphatic rings. The van der Waals surface area contributed by atoms with E-state index in [0.29, 0.717) is 0 Å². The smallest absolute Gasteiger partial charge is 0.305 e. The van der Waals surface area contributed by atoms with Crippen molar-refractivity contribution in [3.63, 3.8) is 0 Å². The standard InChI is InChI=1S/C14H19N3O9/c1-6(18)22-11-10(5-16-17-15)26-14(25-9(4)21)13(24-8(3)20)12(11)23-7(2)19/h10-14H,5H2,1-4H3/t10?,11-,12?,13?,14+/m0/s1. The summed E-state index contributed by atoms with van der Waals surface area (Å²) in [5.74, 6) is -3.05. The zero-order valence-corrected chi connectivity index (χ0v) is 14.6. The number of carbonyl (C=O) groups excluding carboxylic acids is 4. The summed E-state index contributed by atoms with van der Waals surface area (Å²) >= 11 is 0. The normalized spacial score (nSPS) is 27.5. The zero-order valence-electron chi connectivity index (χ0n) is 14.6. The Hall–Kier alpha value is -2.85. The first kappa shape index (κ1) is 21.2. The molecule has 0 aromatic heterocycles. The molecule has 26 heavy (non-hydrogen) atoms. The van der Waals surface area contributed by atoms with Gasteiger partial charge in [0, 0.05) is 32.6 Å². The minimum atomic E-state index is -1.47. The second kappa shape index (κ2) is 9.59. The van der Waals surface area contributed by atoms with Crippen LogP contribution in [0, 0.1) is 0 Å². The molecule has 12 nitrogen and oxygen atoms in total. The lowest BCUT2D eigenvalue weighted by molar-refractivity contribution is -0.293. The van der Waals surface area contributed by atoms with Crippen molar-refractivity contribution in [2.75, 3.05) is 6.54 Å². The molecular weight excluding hydrogens is 354 g/mol. The van der Waals surface area contributed by atoms with Crippen molar-refractivity contribution in [2.24, 2.45) is 5.11 Å². The summed E-state index contributed by atoms with van der Waals surface area (Å²) in [6, 6.07) is 0. The van der Waals surface area contributed by atoms with Gasteiger partial charge in [-0.15, -0.1) is 0 Å². The highest BCUT2D eigenvalue weighted by molar-refractivity contribution is 5.69. The van der Waals surface area contributed by atoms with Crippen LogP contribution in [-0.4, -0.2) is 61.1 Å². The quantitative estimate of drug-likeness (QED) is 0.210. The minimum Gasteiger partial charge on any atom is -0.456 e. The number of rotatable bonds is 6. The molecular formula is C14H19N3O9. The van der Waals surface area contributed by atoms with E-state index in [1.807, 2.05) is 0 Å². The lowest BCUT2D eigenvalue weighted by Gasteiger charge is -2.43. The Kier molecular flexibility index (Phi) is 7.81. The molecule has 0 bridgehead atoms. The third-order valence-corrected chi connectivity index (χ3v) is 3.10. The Balaban J connectivity index is 3.32. The van der Waals surface area contributed by atoms with E-state index < -0.39 is 54.6 Å². The van der Waals surface area contributed by atoms with Gasteiger partial charge in [-0.05, 0) is 5.53 Å². The van der Waals surface area contributed by atoms with Crippen LogP contribution in [0.4, 0.5) is 0 Å². The topological polar surface area (TPSA) is 163 Å². The summed E-state index contributed by atoms with van der Waals surface area (Å²) in [4.78, 5) is 48.3. The fourth-order valence-electron chi connectivity index (χ4n) is 2.38. The predicted molar refractivity (Wildman–Crippen MR) is 81.1 cm³/mol. The number of ether oxygens (including phenoxy) is 5. The van der Waals surface area contributed by atoms with E-state index in [4.69, 9.17) is 29.2 Å². The summed E-state index contributed by atoms with van der Waals surface area (Å²) in [5, 5.41) is 3.34. The second-order valence-electron chi connectivity index (χ2n) is 5.29. The Labute approximate surface area is 148 Å². The van der Waals surface area contributed by atoms with Crippen LogP contribution in [0.15, 0.2) is 5.11 Å². The van der Waals surface area contributed by atoms with Crippen LogP contribution in [0.25, 0.3) is 10.4 Å². The first-order valence-corrected chi connectivity index (χ1v) is 7.51. The maximum absolute atomic E-state index is 11.5. The van der Waals surface area contributed by atoms with E-state index in [1.54, 1.807) is 0 Å². The predicted octanol–water partition coefficient (Wildman–Crippen LogP) is 0.380. The molecule has 0 spiro atoms. The van der Waals surface area contributed by atoms with Crippen LogP contribution in [0.3, 0.4) is 0 Å². The molecule has 0 aliphatic carbocycles. The highest BCUT2D eigenvalue weighted by atomic mass is 16.7. The molecule has 5 atom stereocenters. The van der Waals surface area contributed by atoms with Crippen LogP contribution in [-0.2, 0) is 42.9 Å². The maximum atomic E-state index is 11.5. The Morgan fingerprint density at radius 1 is 0.846 bits per heavy atom. The van der Waals surface area contributed by atoms with Gasteiger partial charge in [0.05, 0.1) is 6.54 Å². The van der Waals surface area contributed by atoms with Crippen molar-refractivity contribution in [2.45, 2.75) is 58.4 Å². The molecule has 0 saturated carbocycles. The van der Waals surface area contributed by atoms with E-state index in [9.17, 15) is 19.2 Å². The summed E-state index contributed by atoms with van der Waals surface area (Å²) in [6.07, 6.45) is -6.59. The highest BCUT2D eigenvalue weighted by Crippen LogP contribution is 2.29. The molecule has 0 radical (unpaired) electrons. The molecule has 144 valence electrons. The van der Waals surface area contributed by atoms with Gasteiger partial charge in [0.15, 0.2) is 12.2 Å². The molecule has 0 aromatic rings. The van der Waals surface area contributed by atoms with Crippen molar-refractivity contribution in [3.05, 3.63) is 10.4 Å². The zero-order chi connectivity index (χ0) is 19.9. The molecule has 12 heteroatoms. The second-order valence-corrected chi connectivity index (χ2v) is 5.29. The van der Waals surface area contributed by atoms with Crippen LogP contribution in [0.1, 0.15) is 27.7 Å². The van der Waals surface area contributed by atoms with E-state index in [2.05, 4.69) is 10.0 Å². The number of azide groups is 1.